The Morgan fingerprint density at radius 2 is 1.76 bits per heavy atom. The van der Waals surface area contributed by atoms with E-state index in [4.69, 9.17) is 0 Å². The molecule has 1 N–H and O–H groups in total. The highest BCUT2D eigenvalue weighted by Gasteiger charge is 2.25. The average molecular weight is 282 g/mol. The molecular formula is C18H22N2O. The third kappa shape index (κ3) is 3.91. The summed E-state index contributed by atoms with van der Waals surface area (Å²) in [6, 6.07) is 16.2. The SMILES string of the molecule is CC(C)(C)C(CC(c1ccccc1)c1ccccn1)=NO. The minimum absolute atomic E-state index is 0.0949. The molecule has 110 valence electrons. The van der Waals surface area contributed by atoms with Gasteiger partial charge in [0.2, 0.25) is 0 Å². The van der Waals surface area contributed by atoms with Gasteiger partial charge in [-0.15, -0.1) is 0 Å². The zero-order chi connectivity index (χ0) is 15.3. The van der Waals surface area contributed by atoms with Gasteiger partial charge >= 0.3 is 0 Å². The summed E-state index contributed by atoms with van der Waals surface area (Å²) in [4.78, 5) is 4.49. The molecule has 2 aromatic rings. The number of nitrogens with zero attached hydrogens (tertiary/aromatic N) is 2. The molecule has 3 heteroatoms. The van der Waals surface area contributed by atoms with Gasteiger partial charge in [0.1, 0.15) is 0 Å². The minimum Gasteiger partial charge on any atom is -0.411 e. The quantitative estimate of drug-likeness (QED) is 0.510. The van der Waals surface area contributed by atoms with Crippen molar-refractivity contribution in [3.63, 3.8) is 0 Å². The van der Waals surface area contributed by atoms with Gasteiger partial charge in [-0.2, -0.15) is 0 Å². The Morgan fingerprint density at radius 1 is 1.10 bits per heavy atom. The number of oxime groups is 1. The van der Waals surface area contributed by atoms with E-state index in [0.717, 1.165) is 11.4 Å². The Morgan fingerprint density at radius 3 is 2.29 bits per heavy atom. The third-order valence-corrected chi connectivity index (χ3v) is 3.63. The molecule has 0 radical (unpaired) electrons. The summed E-state index contributed by atoms with van der Waals surface area (Å²) in [7, 11) is 0. The Bertz CT molecular complexity index is 546. The van der Waals surface area contributed by atoms with Crippen molar-refractivity contribution in [1.29, 1.82) is 0 Å². The van der Waals surface area contributed by atoms with Crippen molar-refractivity contribution >= 4 is 5.71 Å². The van der Waals surface area contributed by atoms with Crippen LogP contribution in [0.4, 0.5) is 0 Å². The van der Waals surface area contributed by atoms with Gasteiger partial charge in [0.25, 0.3) is 0 Å². The third-order valence-electron chi connectivity index (χ3n) is 3.63. The topological polar surface area (TPSA) is 45.5 Å². The highest BCUT2D eigenvalue weighted by Crippen LogP contribution is 2.31. The molecule has 0 aliphatic rings. The van der Waals surface area contributed by atoms with Crippen molar-refractivity contribution in [3.8, 4) is 0 Å². The fourth-order valence-electron chi connectivity index (χ4n) is 2.35. The van der Waals surface area contributed by atoms with Crippen LogP contribution in [-0.4, -0.2) is 15.9 Å². The van der Waals surface area contributed by atoms with Gasteiger partial charge in [-0.05, 0) is 17.7 Å². The molecule has 0 aliphatic heterocycles. The highest BCUT2D eigenvalue weighted by molar-refractivity contribution is 5.89. The first-order valence-electron chi connectivity index (χ1n) is 7.19. The van der Waals surface area contributed by atoms with Gasteiger partial charge in [0.05, 0.1) is 5.71 Å². The van der Waals surface area contributed by atoms with Gasteiger partial charge in [-0.1, -0.05) is 62.3 Å². The first kappa shape index (κ1) is 15.2. The maximum atomic E-state index is 9.37. The van der Waals surface area contributed by atoms with Crippen molar-refractivity contribution in [1.82, 2.24) is 4.98 Å². The zero-order valence-electron chi connectivity index (χ0n) is 12.8. The number of hydrogen-bond donors (Lipinski definition) is 1. The maximum Gasteiger partial charge on any atom is 0.0634 e. The second-order valence-corrected chi connectivity index (χ2v) is 6.22. The second kappa shape index (κ2) is 6.53. The van der Waals surface area contributed by atoms with Crippen LogP contribution in [0.5, 0.6) is 0 Å². The first-order chi connectivity index (χ1) is 10.0. The average Bonchev–Trinajstić information content (AvgIpc) is 2.49. The Balaban J connectivity index is 2.39. The Labute approximate surface area is 126 Å². The highest BCUT2D eigenvalue weighted by atomic mass is 16.4. The normalized spacial score (nSPS) is 14.0. The van der Waals surface area contributed by atoms with Gasteiger partial charge in [-0.25, -0.2) is 0 Å². The molecule has 2 rings (SSSR count). The zero-order valence-corrected chi connectivity index (χ0v) is 12.8. The predicted octanol–water partition coefficient (Wildman–Crippen LogP) is 4.48. The van der Waals surface area contributed by atoms with Crippen molar-refractivity contribution < 1.29 is 5.21 Å². The lowest BCUT2D eigenvalue weighted by Crippen LogP contribution is -2.23. The van der Waals surface area contributed by atoms with E-state index in [1.165, 1.54) is 5.56 Å². The monoisotopic (exact) mass is 282 g/mol. The molecule has 0 bridgehead atoms. The lowest BCUT2D eigenvalue weighted by atomic mass is 9.81. The first-order valence-corrected chi connectivity index (χ1v) is 7.19. The van der Waals surface area contributed by atoms with Crippen molar-refractivity contribution in [3.05, 3.63) is 66.0 Å². The van der Waals surface area contributed by atoms with Crippen LogP contribution in [0.15, 0.2) is 59.9 Å². The molecule has 21 heavy (non-hydrogen) atoms. The molecule has 0 spiro atoms. The Kier molecular flexibility index (Phi) is 4.73. The van der Waals surface area contributed by atoms with Crippen LogP contribution in [-0.2, 0) is 0 Å². The van der Waals surface area contributed by atoms with Crippen LogP contribution < -0.4 is 0 Å². The van der Waals surface area contributed by atoms with Crippen molar-refractivity contribution in [2.24, 2.45) is 10.6 Å². The van der Waals surface area contributed by atoms with E-state index >= 15 is 0 Å². The van der Waals surface area contributed by atoms with Crippen molar-refractivity contribution in [2.45, 2.75) is 33.1 Å². The molecule has 0 saturated carbocycles. The lowest BCUT2D eigenvalue weighted by molar-refractivity contribution is 0.308. The van der Waals surface area contributed by atoms with Crippen LogP contribution in [0, 0.1) is 5.41 Å². The molecule has 3 nitrogen and oxygen atoms in total. The van der Waals surface area contributed by atoms with E-state index in [1.807, 2.05) is 36.4 Å². The lowest BCUT2D eigenvalue weighted by Gasteiger charge is -2.24. The van der Waals surface area contributed by atoms with Crippen LogP contribution in [0.3, 0.4) is 0 Å². The largest absolute Gasteiger partial charge is 0.411 e. The van der Waals surface area contributed by atoms with Crippen LogP contribution in [0.25, 0.3) is 0 Å². The van der Waals surface area contributed by atoms with E-state index in [-0.39, 0.29) is 11.3 Å². The van der Waals surface area contributed by atoms with E-state index in [1.54, 1.807) is 6.20 Å². The molecule has 1 heterocycles. The molecular weight excluding hydrogens is 260 g/mol. The number of hydrogen-bond acceptors (Lipinski definition) is 3. The molecule has 1 aromatic carbocycles. The smallest absolute Gasteiger partial charge is 0.0634 e. The summed E-state index contributed by atoms with van der Waals surface area (Å²) in [6.07, 6.45) is 2.46. The number of benzene rings is 1. The minimum atomic E-state index is -0.170. The van der Waals surface area contributed by atoms with Crippen LogP contribution >= 0.6 is 0 Å². The summed E-state index contributed by atoms with van der Waals surface area (Å²) in [5, 5.41) is 12.9. The number of aromatic nitrogens is 1. The van der Waals surface area contributed by atoms with Gasteiger partial charge in [-0.3, -0.25) is 4.98 Å². The summed E-state index contributed by atoms with van der Waals surface area (Å²) in [5.41, 5.74) is 2.79. The Hall–Kier alpha value is -2.16. The van der Waals surface area contributed by atoms with E-state index in [2.05, 4.69) is 43.0 Å². The van der Waals surface area contributed by atoms with E-state index in [9.17, 15) is 5.21 Å². The van der Waals surface area contributed by atoms with Crippen molar-refractivity contribution in [2.75, 3.05) is 0 Å². The van der Waals surface area contributed by atoms with Crippen LogP contribution in [0.2, 0.25) is 0 Å². The predicted molar refractivity (Wildman–Crippen MR) is 85.8 cm³/mol. The number of rotatable bonds is 4. The summed E-state index contributed by atoms with van der Waals surface area (Å²) >= 11 is 0. The van der Waals surface area contributed by atoms with E-state index in [0.29, 0.717) is 6.42 Å². The number of pyridine rings is 1. The van der Waals surface area contributed by atoms with Gasteiger partial charge in [0.15, 0.2) is 0 Å². The summed E-state index contributed by atoms with van der Waals surface area (Å²) in [6.45, 7) is 6.17. The fourth-order valence-corrected chi connectivity index (χ4v) is 2.35. The van der Waals surface area contributed by atoms with Gasteiger partial charge < -0.3 is 5.21 Å². The fraction of sp³-hybridized carbons (Fsp3) is 0.333. The maximum absolute atomic E-state index is 9.37. The molecule has 0 saturated heterocycles. The van der Waals surface area contributed by atoms with Gasteiger partial charge in [0, 0.05) is 29.6 Å². The molecule has 0 amide bonds. The summed E-state index contributed by atoms with van der Waals surface area (Å²) < 4.78 is 0. The molecule has 0 fully saturated rings. The van der Waals surface area contributed by atoms with E-state index < -0.39 is 0 Å². The standard InChI is InChI=1S/C18H22N2O/c1-18(2,3)17(20-21)13-15(14-9-5-4-6-10-14)16-11-7-8-12-19-16/h4-12,15,21H,13H2,1-3H3. The summed E-state index contributed by atoms with van der Waals surface area (Å²) in [5.74, 6) is 0.0949. The molecule has 1 atom stereocenters. The molecule has 1 unspecified atom stereocenters. The second-order valence-electron chi connectivity index (χ2n) is 6.22. The molecule has 0 aliphatic carbocycles. The molecule has 1 aromatic heterocycles. The van der Waals surface area contributed by atoms with Crippen LogP contribution in [0.1, 0.15) is 44.4 Å².